The van der Waals surface area contributed by atoms with Crippen LogP contribution in [0.3, 0.4) is 0 Å². The van der Waals surface area contributed by atoms with Gasteiger partial charge in [0.1, 0.15) is 18.1 Å². The van der Waals surface area contributed by atoms with Gasteiger partial charge in [-0.15, -0.1) is 0 Å². The summed E-state index contributed by atoms with van der Waals surface area (Å²) in [7, 11) is 0. The lowest BCUT2D eigenvalue weighted by atomic mass is 10.0. The van der Waals surface area contributed by atoms with Gasteiger partial charge in [-0.2, -0.15) is 13.2 Å². The van der Waals surface area contributed by atoms with E-state index in [0.29, 0.717) is 11.3 Å². The Kier molecular flexibility index (Phi) is 6.94. The van der Waals surface area contributed by atoms with Crippen molar-refractivity contribution in [2.75, 3.05) is 11.9 Å². The van der Waals surface area contributed by atoms with Crippen molar-refractivity contribution in [3.63, 3.8) is 0 Å². The van der Waals surface area contributed by atoms with E-state index in [0.717, 1.165) is 11.3 Å². The molecule has 0 aliphatic rings. The zero-order chi connectivity index (χ0) is 21.8. The van der Waals surface area contributed by atoms with Crippen LogP contribution < -0.4 is 10.6 Å². The van der Waals surface area contributed by atoms with Gasteiger partial charge in [-0.1, -0.05) is 0 Å². The van der Waals surface area contributed by atoms with Gasteiger partial charge in [-0.3, -0.25) is 14.6 Å². The SMILES string of the molecule is CC(=O)Cc1cc(C(C)NC(=O)c2cnc(NCC(F)(F)F)c(C)c2)cc(C)n1. The number of nitrogens with zero attached hydrogens (tertiary/aromatic N) is 2. The molecule has 9 heteroatoms. The van der Waals surface area contributed by atoms with Gasteiger partial charge >= 0.3 is 6.18 Å². The normalized spacial score (nSPS) is 12.4. The van der Waals surface area contributed by atoms with E-state index in [9.17, 15) is 22.8 Å². The number of ketones is 1. The van der Waals surface area contributed by atoms with Gasteiger partial charge in [-0.05, 0) is 57.0 Å². The zero-order valence-electron chi connectivity index (χ0n) is 16.6. The Morgan fingerprint density at radius 1 is 1.17 bits per heavy atom. The Balaban J connectivity index is 2.10. The van der Waals surface area contributed by atoms with Crippen molar-refractivity contribution in [3.8, 4) is 0 Å². The summed E-state index contributed by atoms with van der Waals surface area (Å²) in [5, 5.41) is 5.04. The Labute approximate surface area is 166 Å². The second-order valence-corrected chi connectivity index (χ2v) is 6.97. The molecule has 2 N–H and O–H groups in total. The molecule has 0 saturated heterocycles. The number of carbonyl (C=O) groups excluding carboxylic acids is 2. The Morgan fingerprint density at radius 3 is 2.45 bits per heavy atom. The number of hydrogen-bond acceptors (Lipinski definition) is 5. The van der Waals surface area contributed by atoms with E-state index >= 15 is 0 Å². The summed E-state index contributed by atoms with van der Waals surface area (Å²) in [4.78, 5) is 32.1. The fourth-order valence-corrected chi connectivity index (χ4v) is 2.79. The van der Waals surface area contributed by atoms with Crippen LogP contribution >= 0.6 is 0 Å². The number of Topliss-reactive ketones (excluding diaryl/α,β-unsaturated/α-hetero) is 1. The summed E-state index contributed by atoms with van der Waals surface area (Å²) in [5.41, 5.74) is 2.83. The largest absolute Gasteiger partial charge is 0.405 e. The van der Waals surface area contributed by atoms with Crippen LogP contribution in [-0.2, 0) is 11.2 Å². The van der Waals surface area contributed by atoms with Crippen LogP contribution in [0.5, 0.6) is 0 Å². The van der Waals surface area contributed by atoms with Crippen LogP contribution in [0.15, 0.2) is 24.4 Å². The van der Waals surface area contributed by atoms with E-state index in [1.165, 1.54) is 19.2 Å². The molecule has 1 amide bonds. The number of aryl methyl sites for hydroxylation is 2. The van der Waals surface area contributed by atoms with Crippen molar-refractivity contribution in [2.24, 2.45) is 0 Å². The molecule has 2 aromatic heterocycles. The first-order valence-corrected chi connectivity index (χ1v) is 8.99. The number of nitrogens with one attached hydrogen (secondary N) is 2. The van der Waals surface area contributed by atoms with E-state index in [-0.39, 0.29) is 29.6 Å². The van der Waals surface area contributed by atoms with Crippen LogP contribution in [0.1, 0.15) is 52.8 Å². The molecule has 1 unspecified atom stereocenters. The number of hydrogen-bond donors (Lipinski definition) is 2. The molecule has 29 heavy (non-hydrogen) atoms. The number of amides is 1. The van der Waals surface area contributed by atoms with Crippen molar-refractivity contribution in [3.05, 3.63) is 52.5 Å². The monoisotopic (exact) mass is 408 g/mol. The molecular formula is C20H23F3N4O2. The smallest absolute Gasteiger partial charge is 0.361 e. The summed E-state index contributed by atoms with van der Waals surface area (Å²) in [6.07, 6.45) is -2.92. The predicted octanol–water partition coefficient (Wildman–Crippen LogP) is 3.69. The maximum atomic E-state index is 12.5. The molecule has 0 aliphatic heterocycles. The first-order chi connectivity index (χ1) is 13.4. The van der Waals surface area contributed by atoms with Gasteiger partial charge in [0.25, 0.3) is 5.91 Å². The van der Waals surface area contributed by atoms with Gasteiger partial charge in [0, 0.05) is 24.0 Å². The highest BCUT2D eigenvalue weighted by Crippen LogP contribution is 2.20. The first-order valence-electron chi connectivity index (χ1n) is 8.99. The van der Waals surface area contributed by atoms with Crippen LogP contribution in [0.4, 0.5) is 19.0 Å². The Bertz CT molecular complexity index is 913. The molecule has 1 atom stereocenters. The minimum absolute atomic E-state index is 0.00786. The Morgan fingerprint density at radius 2 is 1.86 bits per heavy atom. The molecule has 2 rings (SSSR count). The second kappa shape index (κ2) is 9.02. The summed E-state index contributed by atoms with van der Waals surface area (Å²) in [6, 6.07) is 4.71. The number of pyridine rings is 2. The summed E-state index contributed by atoms with van der Waals surface area (Å²) >= 11 is 0. The van der Waals surface area contributed by atoms with Gasteiger partial charge < -0.3 is 10.6 Å². The lowest BCUT2D eigenvalue weighted by Crippen LogP contribution is -2.27. The van der Waals surface area contributed by atoms with Crippen LogP contribution in [0.25, 0.3) is 0 Å². The molecule has 0 aliphatic carbocycles. The third-order valence-corrected chi connectivity index (χ3v) is 4.10. The van der Waals surface area contributed by atoms with E-state index < -0.39 is 18.6 Å². The van der Waals surface area contributed by atoms with Crippen LogP contribution in [-0.4, -0.2) is 34.4 Å². The summed E-state index contributed by atoms with van der Waals surface area (Å²) in [6.45, 7) is 5.46. The van der Waals surface area contributed by atoms with E-state index in [1.54, 1.807) is 19.9 Å². The minimum Gasteiger partial charge on any atom is -0.361 e. The highest BCUT2D eigenvalue weighted by molar-refractivity contribution is 5.94. The number of anilines is 1. The van der Waals surface area contributed by atoms with E-state index in [1.807, 2.05) is 13.0 Å². The highest BCUT2D eigenvalue weighted by atomic mass is 19.4. The number of carbonyl (C=O) groups is 2. The van der Waals surface area contributed by atoms with Gasteiger partial charge in [0.2, 0.25) is 0 Å². The lowest BCUT2D eigenvalue weighted by Gasteiger charge is -2.17. The molecule has 6 nitrogen and oxygen atoms in total. The Hall–Kier alpha value is -2.97. The lowest BCUT2D eigenvalue weighted by molar-refractivity contribution is -0.116. The third-order valence-electron chi connectivity index (χ3n) is 4.10. The molecule has 0 radical (unpaired) electrons. The van der Waals surface area contributed by atoms with Gasteiger partial charge in [0.15, 0.2) is 0 Å². The summed E-state index contributed by atoms with van der Waals surface area (Å²) in [5.74, 6) is -0.338. The second-order valence-electron chi connectivity index (χ2n) is 6.97. The highest BCUT2D eigenvalue weighted by Gasteiger charge is 2.27. The van der Waals surface area contributed by atoms with E-state index in [2.05, 4.69) is 20.6 Å². The standard InChI is InChI=1S/C20H23F3N4O2/c1-11-5-16(9-24-18(11)25-10-20(21,22)23)19(29)27-14(4)15-6-12(2)26-17(8-15)7-13(3)28/h5-6,8-9,14H,7,10H2,1-4H3,(H,24,25)(H,27,29). The molecular weight excluding hydrogens is 385 g/mol. The number of rotatable bonds is 7. The van der Waals surface area contributed by atoms with Crippen molar-refractivity contribution >= 4 is 17.5 Å². The fourth-order valence-electron chi connectivity index (χ4n) is 2.79. The summed E-state index contributed by atoms with van der Waals surface area (Å²) < 4.78 is 37.0. The molecule has 2 heterocycles. The molecule has 0 fully saturated rings. The molecule has 156 valence electrons. The minimum atomic E-state index is -4.36. The quantitative estimate of drug-likeness (QED) is 0.730. The molecule has 0 spiro atoms. The van der Waals surface area contributed by atoms with Gasteiger partial charge in [-0.25, -0.2) is 4.98 Å². The molecule has 0 saturated carbocycles. The molecule has 0 aromatic carbocycles. The number of alkyl halides is 3. The molecule has 2 aromatic rings. The first kappa shape index (κ1) is 22.3. The van der Waals surface area contributed by atoms with Crippen LogP contribution in [0, 0.1) is 13.8 Å². The maximum Gasteiger partial charge on any atom is 0.405 e. The fraction of sp³-hybridized carbons (Fsp3) is 0.400. The van der Waals surface area contributed by atoms with Crippen molar-refractivity contribution in [2.45, 2.75) is 46.3 Å². The van der Waals surface area contributed by atoms with Crippen molar-refractivity contribution < 1.29 is 22.8 Å². The third kappa shape index (κ3) is 6.85. The van der Waals surface area contributed by atoms with E-state index in [4.69, 9.17) is 0 Å². The molecule has 0 bridgehead atoms. The number of halogens is 3. The average molecular weight is 408 g/mol. The zero-order valence-corrected chi connectivity index (χ0v) is 16.6. The average Bonchev–Trinajstić information content (AvgIpc) is 2.58. The van der Waals surface area contributed by atoms with Crippen molar-refractivity contribution in [1.29, 1.82) is 0 Å². The van der Waals surface area contributed by atoms with Crippen molar-refractivity contribution in [1.82, 2.24) is 15.3 Å². The predicted molar refractivity (Wildman–Crippen MR) is 103 cm³/mol. The topological polar surface area (TPSA) is 84.0 Å². The van der Waals surface area contributed by atoms with Crippen LogP contribution in [0.2, 0.25) is 0 Å². The maximum absolute atomic E-state index is 12.5. The van der Waals surface area contributed by atoms with Gasteiger partial charge in [0.05, 0.1) is 11.6 Å². The number of aromatic nitrogens is 2.